The van der Waals surface area contributed by atoms with E-state index >= 15 is 0 Å². The van der Waals surface area contributed by atoms with E-state index in [2.05, 4.69) is 31.3 Å². The van der Waals surface area contributed by atoms with E-state index in [9.17, 15) is 19.8 Å². The van der Waals surface area contributed by atoms with Crippen molar-refractivity contribution in [3.8, 4) is 0 Å². The first-order valence-electron chi connectivity index (χ1n) is 37.1. The Morgan fingerprint density at radius 3 is 0.877 bits per heavy atom. The summed E-state index contributed by atoms with van der Waals surface area (Å²) in [6.07, 6.45) is 89.8. The van der Waals surface area contributed by atoms with Gasteiger partial charge in [-0.3, -0.25) is 9.59 Å². The van der Waals surface area contributed by atoms with E-state index in [4.69, 9.17) is 4.74 Å². The number of rotatable bonds is 70. The molecule has 0 saturated carbocycles. The summed E-state index contributed by atoms with van der Waals surface area (Å²) in [6.45, 7) is 4.94. The van der Waals surface area contributed by atoms with Crippen LogP contribution in [0.3, 0.4) is 0 Å². The molecule has 0 aliphatic rings. The lowest BCUT2D eigenvalue weighted by molar-refractivity contribution is -0.143. The second-order valence-electron chi connectivity index (χ2n) is 25.6. The molecule has 2 atom stereocenters. The topological polar surface area (TPSA) is 95.9 Å². The molecule has 0 aliphatic heterocycles. The van der Waals surface area contributed by atoms with Crippen molar-refractivity contribution in [1.82, 2.24) is 5.32 Å². The minimum absolute atomic E-state index is 0.00986. The standard InChI is InChI=1S/C75H145NO5/c1-3-5-7-9-11-13-15-17-19-20-21-22-27-30-33-36-40-43-47-51-55-59-63-67-73(78)72(71-77)76-74(79)68-64-60-56-52-48-44-41-37-34-31-28-25-23-24-26-29-32-35-38-42-46-50-54-58-62-66-70-81-75(80)69-65-61-57-53-49-45-39-18-16-14-12-10-8-6-4-2/h18,39,63,67,72-73,77-78H,3-17,19-38,40-62,64-66,68-71H2,1-2H3,(H,76,79)/b39-18-,67-63+. The first-order chi connectivity index (χ1) is 40.0. The second kappa shape index (κ2) is 70.8. The van der Waals surface area contributed by atoms with Crippen LogP contribution in [-0.4, -0.2) is 47.4 Å². The quantitative estimate of drug-likeness (QED) is 0.0320. The molecule has 3 N–H and O–H groups in total. The summed E-state index contributed by atoms with van der Waals surface area (Å²) in [6, 6.07) is -0.627. The molecule has 2 unspecified atom stereocenters. The molecule has 0 aromatic carbocycles. The predicted molar refractivity (Wildman–Crippen MR) is 356 cm³/mol. The van der Waals surface area contributed by atoms with Crippen LogP contribution in [0.4, 0.5) is 0 Å². The highest BCUT2D eigenvalue weighted by molar-refractivity contribution is 5.76. The molecule has 6 heteroatoms. The van der Waals surface area contributed by atoms with Gasteiger partial charge in [0, 0.05) is 12.8 Å². The average Bonchev–Trinajstić information content (AvgIpc) is 3.47. The molecule has 0 bridgehead atoms. The first-order valence-corrected chi connectivity index (χ1v) is 37.1. The number of esters is 1. The molecule has 0 saturated heterocycles. The van der Waals surface area contributed by atoms with Crippen LogP contribution in [0.2, 0.25) is 0 Å². The molecule has 0 fully saturated rings. The van der Waals surface area contributed by atoms with E-state index in [1.165, 1.54) is 347 Å². The van der Waals surface area contributed by atoms with Crippen LogP contribution in [-0.2, 0) is 14.3 Å². The van der Waals surface area contributed by atoms with E-state index in [0.29, 0.717) is 19.4 Å². The normalized spacial score (nSPS) is 12.6. The number of aliphatic hydroxyl groups is 2. The van der Waals surface area contributed by atoms with Gasteiger partial charge in [0.2, 0.25) is 5.91 Å². The zero-order chi connectivity index (χ0) is 58.5. The Kier molecular flexibility index (Phi) is 69.4. The van der Waals surface area contributed by atoms with Crippen molar-refractivity contribution in [3.05, 3.63) is 24.3 Å². The zero-order valence-corrected chi connectivity index (χ0v) is 55.0. The van der Waals surface area contributed by atoms with Crippen molar-refractivity contribution in [2.24, 2.45) is 0 Å². The Hall–Kier alpha value is -1.66. The minimum atomic E-state index is -0.844. The maximum Gasteiger partial charge on any atom is 0.305 e. The third-order valence-corrected chi connectivity index (χ3v) is 17.5. The van der Waals surface area contributed by atoms with Gasteiger partial charge in [-0.25, -0.2) is 0 Å². The minimum Gasteiger partial charge on any atom is -0.466 e. The fourth-order valence-corrected chi connectivity index (χ4v) is 11.8. The fraction of sp³-hybridized carbons (Fsp3) is 0.920. The van der Waals surface area contributed by atoms with Crippen molar-refractivity contribution < 1.29 is 24.5 Å². The van der Waals surface area contributed by atoms with Crippen LogP contribution in [0.15, 0.2) is 24.3 Å². The molecule has 0 aliphatic carbocycles. The van der Waals surface area contributed by atoms with Crippen LogP contribution in [0.25, 0.3) is 0 Å². The number of carbonyl (C=O) groups excluding carboxylic acids is 2. The third kappa shape index (κ3) is 67.3. The molecule has 480 valence electrons. The van der Waals surface area contributed by atoms with Gasteiger partial charge in [0.05, 0.1) is 25.4 Å². The van der Waals surface area contributed by atoms with Gasteiger partial charge in [0.1, 0.15) is 0 Å². The molecular formula is C75H145NO5. The van der Waals surface area contributed by atoms with E-state index in [-0.39, 0.29) is 18.5 Å². The van der Waals surface area contributed by atoms with E-state index in [1.54, 1.807) is 6.08 Å². The summed E-state index contributed by atoms with van der Waals surface area (Å²) >= 11 is 0. The molecule has 81 heavy (non-hydrogen) atoms. The number of unbranched alkanes of at least 4 members (excludes halogenated alkanes) is 57. The Labute approximate surface area is 507 Å². The van der Waals surface area contributed by atoms with Crippen molar-refractivity contribution in [1.29, 1.82) is 0 Å². The van der Waals surface area contributed by atoms with Crippen molar-refractivity contribution in [2.75, 3.05) is 13.2 Å². The second-order valence-corrected chi connectivity index (χ2v) is 25.6. The Morgan fingerprint density at radius 2 is 0.580 bits per heavy atom. The largest absolute Gasteiger partial charge is 0.466 e. The lowest BCUT2D eigenvalue weighted by atomic mass is 10.0. The number of allylic oxidation sites excluding steroid dienone is 3. The molecule has 0 aromatic rings. The smallest absolute Gasteiger partial charge is 0.305 e. The van der Waals surface area contributed by atoms with Gasteiger partial charge >= 0.3 is 5.97 Å². The van der Waals surface area contributed by atoms with Crippen LogP contribution < -0.4 is 5.32 Å². The summed E-state index contributed by atoms with van der Waals surface area (Å²) in [5.74, 6) is -0.0512. The monoisotopic (exact) mass is 1140 g/mol. The SMILES string of the molecule is CCCCCCCC/C=C\CCCCCCCC(=O)OCCCCCCCCCCCCCCCCCCCCCCCCCCCCC(=O)NC(CO)C(O)/C=C/CCCCCCCCCCCCCCCCCCCCCCC. The van der Waals surface area contributed by atoms with Gasteiger partial charge in [0.15, 0.2) is 0 Å². The van der Waals surface area contributed by atoms with Crippen molar-refractivity contribution in [3.63, 3.8) is 0 Å². The van der Waals surface area contributed by atoms with Gasteiger partial charge in [0.25, 0.3) is 0 Å². The molecule has 0 heterocycles. The summed E-state index contributed by atoms with van der Waals surface area (Å²) in [5, 5.41) is 23.3. The van der Waals surface area contributed by atoms with Crippen LogP contribution in [0, 0.1) is 0 Å². The molecule has 0 spiro atoms. The van der Waals surface area contributed by atoms with Crippen molar-refractivity contribution >= 4 is 11.9 Å². The molecule has 0 aromatic heterocycles. The van der Waals surface area contributed by atoms with E-state index in [0.717, 1.165) is 44.9 Å². The molecule has 0 radical (unpaired) electrons. The number of ether oxygens (including phenoxy) is 1. The Bertz CT molecular complexity index is 1270. The van der Waals surface area contributed by atoms with Crippen LogP contribution in [0.1, 0.15) is 418 Å². The lowest BCUT2D eigenvalue weighted by Gasteiger charge is -2.20. The van der Waals surface area contributed by atoms with E-state index in [1.807, 2.05) is 6.08 Å². The number of hydrogen-bond acceptors (Lipinski definition) is 5. The maximum atomic E-state index is 12.5. The summed E-state index contributed by atoms with van der Waals surface area (Å²) in [4.78, 5) is 24.6. The number of hydrogen-bond donors (Lipinski definition) is 3. The summed E-state index contributed by atoms with van der Waals surface area (Å²) < 4.78 is 5.49. The summed E-state index contributed by atoms with van der Waals surface area (Å²) in [5.41, 5.74) is 0. The fourth-order valence-electron chi connectivity index (χ4n) is 11.8. The highest BCUT2D eigenvalue weighted by Gasteiger charge is 2.18. The summed E-state index contributed by atoms with van der Waals surface area (Å²) in [7, 11) is 0. The number of carbonyl (C=O) groups is 2. The molecule has 0 rings (SSSR count). The van der Waals surface area contributed by atoms with Gasteiger partial charge in [-0.15, -0.1) is 0 Å². The van der Waals surface area contributed by atoms with E-state index < -0.39 is 12.1 Å². The highest BCUT2D eigenvalue weighted by Crippen LogP contribution is 2.19. The molecule has 1 amide bonds. The maximum absolute atomic E-state index is 12.5. The van der Waals surface area contributed by atoms with Gasteiger partial charge < -0.3 is 20.3 Å². The highest BCUT2D eigenvalue weighted by atomic mass is 16.5. The van der Waals surface area contributed by atoms with Crippen molar-refractivity contribution in [2.45, 2.75) is 431 Å². The molecule has 6 nitrogen and oxygen atoms in total. The van der Waals surface area contributed by atoms with Gasteiger partial charge in [-0.05, 0) is 57.8 Å². The van der Waals surface area contributed by atoms with Gasteiger partial charge in [-0.2, -0.15) is 0 Å². The number of nitrogens with one attached hydrogen (secondary N) is 1. The number of amides is 1. The number of aliphatic hydroxyl groups excluding tert-OH is 2. The lowest BCUT2D eigenvalue weighted by Crippen LogP contribution is -2.45. The predicted octanol–water partition coefficient (Wildman–Crippen LogP) is 24.1. The third-order valence-electron chi connectivity index (χ3n) is 17.5. The van der Waals surface area contributed by atoms with Gasteiger partial charge in [-0.1, -0.05) is 372 Å². The Morgan fingerprint density at radius 1 is 0.333 bits per heavy atom. The first kappa shape index (κ1) is 79.3. The van der Waals surface area contributed by atoms with Crippen LogP contribution in [0.5, 0.6) is 0 Å². The van der Waals surface area contributed by atoms with Crippen LogP contribution >= 0.6 is 0 Å². The average molecular weight is 1140 g/mol. The molecular weight excluding hydrogens is 995 g/mol. The zero-order valence-electron chi connectivity index (χ0n) is 55.0. The Balaban J connectivity index is 3.38.